The van der Waals surface area contributed by atoms with Crippen molar-refractivity contribution in [1.82, 2.24) is 5.43 Å². The maximum atomic E-state index is 12.1. The monoisotopic (exact) mass is 577 g/mol. The SMILES string of the molecule is CCOc1ccc(NC(=O)CC(=O)NN=Cc2ccc(OCc3ccc(Cl)cc3Cl)c(Br)c2)cc1. The van der Waals surface area contributed by atoms with Gasteiger partial charge in [-0.1, -0.05) is 29.3 Å². The average molecular weight is 579 g/mol. The second-order valence-electron chi connectivity index (χ2n) is 7.19. The predicted molar refractivity (Wildman–Crippen MR) is 142 cm³/mol. The van der Waals surface area contributed by atoms with Crippen molar-refractivity contribution in [3.05, 3.63) is 86.3 Å². The van der Waals surface area contributed by atoms with E-state index in [2.05, 4.69) is 31.8 Å². The molecule has 0 aliphatic carbocycles. The Morgan fingerprint density at radius 2 is 1.77 bits per heavy atom. The van der Waals surface area contributed by atoms with E-state index in [4.69, 9.17) is 32.7 Å². The first-order chi connectivity index (χ1) is 16.8. The van der Waals surface area contributed by atoms with Crippen LogP contribution in [0.5, 0.6) is 11.5 Å². The van der Waals surface area contributed by atoms with Gasteiger partial charge in [-0.25, -0.2) is 5.43 Å². The minimum absolute atomic E-state index is 0.275. The van der Waals surface area contributed by atoms with Crippen molar-refractivity contribution in [2.24, 2.45) is 5.10 Å². The standard InChI is InChI=1S/C25H22BrCl2N3O4/c1-2-34-20-8-6-19(7-9-20)30-24(32)13-25(33)31-29-14-16-3-10-23(21(26)11-16)35-15-17-4-5-18(27)12-22(17)28/h3-12,14H,2,13,15H2,1H3,(H,30,32)(H,31,33). The van der Waals surface area contributed by atoms with Crippen LogP contribution in [0.2, 0.25) is 10.0 Å². The van der Waals surface area contributed by atoms with Gasteiger partial charge in [-0.15, -0.1) is 0 Å². The Kier molecular flexibility index (Phi) is 9.96. The zero-order valence-electron chi connectivity index (χ0n) is 18.7. The fourth-order valence-electron chi connectivity index (χ4n) is 2.88. The van der Waals surface area contributed by atoms with Gasteiger partial charge in [-0.05, 0) is 83.0 Å². The Hall–Kier alpha value is -3.07. The maximum Gasteiger partial charge on any atom is 0.249 e. The summed E-state index contributed by atoms with van der Waals surface area (Å²) in [7, 11) is 0. The van der Waals surface area contributed by atoms with E-state index in [0.29, 0.717) is 43.9 Å². The zero-order valence-corrected chi connectivity index (χ0v) is 21.8. The van der Waals surface area contributed by atoms with Gasteiger partial charge in [0.2, 0.25) is 11.8 Å². The Morgan fingerprint density at radius 3 is 2.46 bits per heavy atom. The van der Waals surface area contributed by atoms with Gasteiger partial charge in [-0.2, -0.15) is 5.10 Å². The van der Waals surface area contributed by atoms with Crippen molar-refractivity contribution < 1.29 is 19.1 Å². The molecular weight excluding hydrogens is 557 g/mol. The van der Waals surface area contributed by atoms with Gasteiger partial charge in [0.25, 0.3) is 0 Å². The molecule has 0 spiro atoms. The molecule has 7 nitrogen and oxygen atoms in total. The molecule has 0 unspecified atom stereocenters. The maximum absolute atomic E-state index is 12.1. The van der Waals surface area contributed by atoms with Crippen molar-refractivity contribution >= 4 is 62.8 Å². The van der Waals surface area contributed by atoms with Gasteiger partial charge >= 0.3 is 0 Å². The highest BCUT2D eigenvalue weighted by molar-refractivity contribution is 9.10. The third kappa shape index (κ3) is 8.58. The molecule has 0 saturated heterocycles. The summed E-state index contributed by atoms with van der Waals surface area (Å²) in [6.45, 7) is 2.72. The van der Waals surface area contributed by atoms with Crippen LogP contribution in [0.3, 0.4) is 0 Å². The third-order valence-electron chi connectivity index (χ3n) is 4.53. The van der Waals surface area contributed by atoms with Gasteiger partial charge in [0.1, 0.15) is 24.5 Å². The molecule has 10 heteroatoms. The van der Waals surface area contributed by atoms with E-state index in [-0.39, 0.29) is 13.0 Å². The summed E-state index contributed by atoms with van der Waals surface area (Å²) in [5.74, 6) is 0.327. The number of amides is 2. The van der Waals surface area contributed by atoms with E-state index in [9.17, 15) is 9.59 Å². The van der Waals surface area contributed by atoms with Gasteiger partial charge in [0, 0.05) is 21.3 Å². The Balaban J connectivity index is 1.46. The number of rotatable bonds is 10. The molecule has 0 radical (unpaired) electrons. The van der Waals surface area contributed by atoms with Crippen molar-refractivity contribution in [2.75, 3.05) is 11.9 Å². The summed E-state index contributed by atoms with van der Waals surface area (Å²) in [6.07, 6.45) is 1.10. The molecule has 3 aromatic carbocycles. The Labute approximate surface area is 221 Å². The van der Waals surface area contributed by atoms with Crippen molar-refractivity contribution in [3.8, 4) is 11.5 Å². The minimum atomic E-state index is -0.538. The number of nitrogens with zero attached hydrogens (tertiary/aromatic N) is 1. The molecule has 0 heterocycles. The molecule has 0 aromatic heterocycles. The molecule has 0 fully saturated rings. The van der Waals surface area contributed by atoms with Gasteiger partial charge in [-0.3, -0.25) is 9.59 Å². The zero-order chi connectivity index (χ0) is 25.2. The molecule has 0 saturated carbocycles. The highest BCUT2D eigenvalue weighted by Crippen LogP contribution is 2.28. The van der Waals surface area contributed by atoms with Gasteiger partial charge in [0.05, 0.1) is 17.3 Å². The molecule has 0 atom stereocenters. The molecule has 0 aliphatic heterocycles. The lowest BCUT2D eigenvalue weighted by molar-refractivity contribution is -0.126. The number of nitrogens with one attached hydrogen (secondary N) is 2. The molecular formula is C25H22BrCl2N3O4. The third-order valence-corrected chi connectivity index (χ3v) is 5.73. The number of hydrazone groups is 1. The van der Waals surface area contributed by atoms with E-state index in [1.165, 1.54) is 6.21 Å². The fraction of sp³-hybridized carbons (Fsp3) is 0.160. The highest BCUT2D eigenvalue weighted by Gasteiger charge is 2.10. The van der Waals surface area contributed by atoms with E-state index in [1.807, 2.05) is 6.92 Å². The largest absolute Gasteiger partial charge is 0.494 e. The number of carbonyl (C=O) groups is 2. The van der Waals surface area contributed by atoms with E-state index in [0.717, 1.165) is 5.56 Å². The van der Waals surface area contributed by atoms with Crippen molar-refractivity contribution in [3.63, 3.8) is 0 Å². The van der Waals surface area contributed by atoms with Crippen molar-refractivity contribution in [1.29, 1.82) is 0 Å². The van der Waals surface area contributed by atoms with Crippen LogP contribution in [0.1, 0.15) is 24.5 Å². The molecule has 3 rings (SSSR count). The lowest BCUT2D eigenvalue weighted by Crippen LogP contribution is -2.24. The molecule has 2 amide bonds. The lowest BCUT2D eigenvalue weighted by atomic mass is 10.2. The fourth-order valence-corrected chi connectivity index (χ4v) is 3.85. The molecule has 0 aliphatic rings. The first-order valence-electron chi connectivity index (χ1n) is 10.5. The van der Waals surface area contributed by atoms with Crippen LogP contribution >= 0.6 is 39.1 Å². The smallest absolute Gasteiger partial charge is 0.249 e. The molecule has 35 heavy (non-hydrogen) atoms. The lowest BCUT2D eigenvalue weighted by Gasteiger charge is -2.10. The van der Waals surface area contributed by atoms with Crippen LogP contribution in [0, 0.1) is 0 Å². The quantitative estimate of drug-likeness (QED) is 0.170. The summed E-state index contributed by atoms with van der Waals surface area (Å²) in [4.78, 5) is 24.1. The van der Waals surface area contributed by atoms with Gasteiger partial charge < -0.3 is 14.8 Å². The van der Waals surface area contributed by atoms with E-state index >= 15 is 0 Å². The Bertz CT molecular complexity index is 1220. The van der Waals surface area contributed by atoms with Crippen LogP contribution in [0.25, 0.3) is 0 Å². The topological polar surface area (TPSA) is 89.0 Å². The summed E-state index contributed by atoms with van der Waals surface area (Å²) in [6, 6.07) is 17.4. The molecule has 182 valence electrons. The summed E-state index contributed by atoms with van der Waals surface area (Å²) in [5, 5.41) is 7.65. The van der Waals surface area contributed by atoms with Gasteiger partial charge in [0.15, 0.2) is 0 Å². The second kappa shape index (κ2) is 13.1. The van der Waals surface area contributed by atoms with Crippen LogP contribution in [-0.4, -0.2) is 24.6 Å². The number of hydrogen-bond donors (Lipinski definition) is 2. The first-order valence-corrected chi connectivity index (χ1v) is 12.1. The van der Waals surface area contributed by atoms with Crippen molar-refractivity contribution in [2.45, 2.75) is 20.0 Å². The minimum Gasteiger partial charge on any atom is -0.494 e. The number of hydrogen-bond acceptors (Lipinski definition) is 5. The number of carbonyl (C=O) groups excluding carboxylic acids is 2. The van der Waals surface area contributed by atoms with E-state index < -0.39 is 11.8 Å². The number of ether oxygens (including phenoxy) is 2. The van der Waals surface area contributed by atoms with Crippen LogP contribution in [0.4, 0.5) is 5.69 Å². The number of halogens is 3. The average Bonchev–Trinajstić information content (AvgIpc) is 2.81. The Morgan fingerprint density at radius 1 is 1.00 bits per heavy atom. The van der Waals surface area contributed by atoms with E-state index in [1.54, 1.807) is 60.7 Å². The predicted octanol–water partition coefficient (Wildman–Crippen LogP) is 6.21. The summed E-state index contributed by atoms with van der Waals surface area (Å²) >= 11 is 15.5. The highest BCUT2D eigenvalue weighted by atomic mass is 79.9. The number of anilines is 1. The van der Waals surface area contributed by atoms with Crippen LogP contribution in [-0.2, 0) is 16.2 Å². The first kappa shape index (κ1) is 26.5. The van der Waals surface area contributed by atoms with Crippen LogP contribution in [0.15, 0.2) is 70.2 Å². The second-order valence-corrected chi connectivity index (χ2v) is 8.89. The molecule has 3 aromatic rings. The molecule has 0 bridgehead atoms. The normalized spacial score (nSPS) is 10.7. The molecule has 2 N–H and O–H groups in total. The summed E-state index contributed by atoms with van der Waals surface area (Å²) < 4.78 is 11.9. The van der Waals surface area contributed by atoms with Crippen LogP contribution < -0.4 is 20.2 Å². The summed E-state index contributed by atoms with van der Waals surface area (Å²) in [5.41, 5.74) is 4.44. The number of benzene rings is 3.